The highest BCUT2D eigenvalue weighted by Crippen LogP contribution is 2.17. The lowest BCUT2D eigenvalue weighted by Crippen LogP contribution is -2.45. The highest BCUT2D eigenvalue weighted by atomic mass is 16.5. The molecule has 2 rings (SSSR count). The summed E-state index contributed by atoms with van der Waals surface area (Å²) in [6.07, 6.45) is 5.26. The average molecular weight is 291 g/mol. The van der Waals surface area contributed by atoms with Crippen LogP contribution in [0.15, 0.2) is 24.4 Å². The standard InChI is InChI=1S/C17H29N3O/c1-3-9-19-17(15-8-12-21-14-15)13-20(2)11-7-16-6-4-5-10-18-16/h4-6,10,15,17,19H,3,7-9,11-14H2,1-2H3. The molecule has 2 heterocycles. The number of nitrogens with zero attached hydrogens (tertiary/aromatic N) is 2. The van der Waals surface area contributed by atoms with Crippen LogP contribution in [0, 0.1) is 5.92 Å². The Kier molecular flexibility index (Phi) is 7.13. The number of rotatable bonds is 9. The molecule has 118 valence electrons. The summed E-state index contributed by atoms with van der Waals surface area (Å²) in [7, 11) is 2.21. The maximum absolute atomic E-state index is 5.56. The van der Waals surface area contributed by atoms with Crippen molar-refractivity contribution in [2.24, 2.45) is 5.92 Å². The minimum absolute atomic E-state index is 0.543. The fourth-order valence-electron chi connectivity index (χ4n) is 2.86. The van der Waals surface area contributed by atoms with Crippen molar-refractivity contribution >= 4 is 0 Å². The van der Waals surface area contributed by atoms with Crippen LogP contribution in [0.1, 0.15) is 25.5 Å². The molecule has 1 saturated heterocycles. The summed E-state index contributed by atoms with van der Waals surface area (Å²) in [5.41, 5.74) is 1.17. The van der Waals surface area contributed by atoms with Crippen molar-refractivity contribution in [2.75, 3.05) is 39.9 Å². The van der Waals surface area contributed by atoms with Gasteiger partial charge in [0.1, 0.15) is 0 Å². The van der Waals surface area contributed by atoms with E-state index in [1.165, 1.54) is 18.5 Å². The summed E-state index contributed by atoms with van der Waals surface area (Å²) in [4.78, 5) is 6.81. The molecular formula is C17H29N3O. The lowest BCUT2D eigenvalue weighted by atomic mass is 9.98. The number of nitrogens with one attached hydrogen (secondary N) is 1. The molecule has 0 spiro atoms. The topological polar surface area (TPSA) is 37.4 Å². The highest BCUT2D eigenvalue weighted by Gasteiger charge is 2.26. The number of pyridine rings is 1. The van der Waals surface area contributed by atoms with Gasteiger partial charge in [-0.2, -0.15) is 0 Å². The Hall–Kier alpha value is -0.970. The van der Waals surface area contributed by atoms with Crippen molar-refractivity contribution in [2.45, 2.75) is 32.2 Å². The van der Waals surface area contributed by atoms with Gasteiger partial charge in [-0.15, -0.1) is 0 Å². The second kappa shape index (κ2) is 9.13. The van der Waals surface area contributed by atoms with Gasteiger partial charge in [-0.25, -0.2) is 0 Å². The fraction of sp³-hybridized carbons (Fsp3) is 0.706. The molecule has 1 aliphatic rings. The Morgan fingerprint density at radius 2 is 2.38 bits per heavy atom. The first-order chi connectivity index (χ1) is 10.3. The van der Waals surface area contributed by atoms with E-state index in [1.807, 2.05) is 12.3 Å². The summed E-state index contributed by atoms with van der Waals surface area (Å²) >= 11 is 0. The van der Waals surface area contributed by atoms with E-state index >= 15 is 0 Å². The third kappa shape index (κ3) is 5.73. The van der Waals surface area contributed by atoms with E-state index in [0.29, 0.717) is 12.0 Å². The van der Waals surface area contributed by atoms with E-state index < -0.39 is 0 Å². The summed E-state index contributed by atoms with van der Waals surface area (Å²) in [6, 6.07) is 6.67. The van der Waals surface area contributed by atoms with Gasteiger partial charge in [0.05, 0.1) is 6.61 Å². The highest BCUT2D eigenvalue weighted by molar-refractivity contribution is 5.03. The SMILES string of the molecule is CCCNC(CN(C)CCc1ccccn1)C1CCOC1. The predicted octanol–water partition coefficient (Wildman–Crippen LogP) is 1.96. The van der Waals surface area contributed by atoms with Crippen LogP contribution in [0.3, 0.4) is 0 Å². The lowest BCUT2D eigenvalue weighted by molar-refractivity contribution is 0.166. The average Bonchev–Trinajstić information content (AvgIpc) is 3.04. The zero-order valence-corrected chi connectivity index (χ0v) is 13.4. The van der Waals surface area contributed by atoms with E-state index in [0.717, 1.165) is 39.3 Å². The first kappa shape index (κ1) is 16.4. The summed E-state index contributed by atoms with van der Waals surface area (Å²) < 4.78 is 5.56. The smallest absolute Gasteiger partial charge is 0.0510 e. The van der Waals surface area contributed by atoms with Gasteiger partial charge in [-0.1, -0.05) is 13.0 Å². The Bertz CT molecular complexity index is 379. The molecule has 1 aromatic heterocycles. The quantitative estimate of drug-likeness (QED) is 0.755. The first-order valence-corrected chi connectivity index (χ1v) is 8.19. The molecule has 4 heteroatoms. The molecule has 1 fully saturated rings. The molecule has 0 saturated carbocycles. The lowest BCUT2D eigenvalue weighted by Gasteiger charge is -2.28. The van der Waals surface area contributed by atoms with Crippen LogP contribution in [-0.4, -0.2) is 55.8 Å². The number of likely N-dealkylation sites (N-methyl/N-ethyl adjacent to an activating group) is 1. The zero-order valence-electron chi connectivity index (χ0n) is 13.4. The maximum Gasteiger partial charge on any atom is 0.0510 e. The van der Waals surface area contributed by atoms with Crippen LogP contribution in [0.5, 0.6) is 0 Å². The Morgan fingerprint density at radius 1 is 1.48 bits per heavy atom. The molecular weight excluding hydrogens is 262 g/mol. The second-order valence-electron chi connectivity index (χ2n) is 6.02. The van der Waals surface area contributed by atoms with E-state index in [-0.39, 0.29) is 0 Å². The fourth-order valence-corrected chi connectivity index (χ4v) is 2.86. The van der Waals surface area contributed by atoms with Crippen molar-refractivity contribution in [3.63, 3.8) is 0 Å². The molecule has 0 aliphatic carbocycles. The molecule has 0 amide bonds. The molecule has 2 atom stereocenters. The first-order valence-electron chi connectivity index (χ1n) is 8.19. The van der Waals surface area contributed by atoms with Crippen LogP contribution >= 0.6 is 0 Å². The maximum atomic E-state index is 5.56. The van der Waals surface area contributed by atoms with Crippen molar-refractivity contribution < 1.29 is 4.74 Å². The van der Waals surface area contributed by atoms with Crippen molar-refractivity contribution in [1.29, 1.82) is 0 Å². The molecule has 0 bridgehead atoms. The van der Waals surface area contributed by atoms with E-state index in [2.05, 4.69) is 41.3 Å². The number of aromatic nitrogens is 1. The minimum atomic E-state index is 0.543. The minimum Gasteiger partial charge on any atom is -0.381 e. The van der Waals surface area contributed by atoms with Gasteiger partial charge in [0.15, 0.2) is 0 Å². The monoisotopic (exact) mass is 291 g/mol. The van der Waals surface area contributed by atoms with Crippen molar-refractivity contribution in [3.8, 4) is 0 Å². The summed E-state index contributed by atoms with van der Waals surface area (Å²) in [5.74, 6) is 0.661. The van der Waals surface area contributed by atoms with E-state index in [4.69, 9.17) is 4.74 Å². The predicted molar refractivity (Wildman–Crippen MR) is 86.4 cm³/mol. The normalized spacial score (nSPS) is 20.0. The largest absolute Gasteiger partial charge is 0.381 e. The number of hydrogen-bond acceptors (Lipinski definition) is 4. The van der Waals surface area contributed by atoms with Crippen LogP contribution in [0.25, 0.3) is 0 Å². The Morgan fingerprint density at radius 3 is 3.05 bits per heavy atom. The van der Waals surface area contributed by atoms with Gasteiger partial charge in [0.25, 0.3) is 0 Å². The number of hydrogen-bond donors (Lipinski definition) is 1. The molecule has 0 radical (unpaired) electrons. The van der Waals surface area contributed by atoms with Crippen LogP contribution in [-0.2, 0) is 11.2 Å². The molecule has 0 aromatic carbocycles. The van der Waals surface area contributed by atoms with Gasteiger partial charge in [-0.05, 0) is 38.6 Å². The van der Waals surface area contributed by atoms with Crippen LogP contribution < -0.4 is 5.32 Å². The van der Waals surface area contributed by atoms with Crippen molar-refractivity contribution in [3.05, 3.63) is 30.1 Å². The van der Waals surface area contributed by atoms with Gasteiger partial charge in [-0.3, -0.25) is 4.98 Å². The van der Waals surface area contributed by atoms with Gasteiger partial charge < -0.3 is 15.0 Å². The van der Waals surface area contributed by atoms with Crippen LogP contribution in [0.4, 0.5) is 0 Å². The molecule has 2 unspecified atom stereocenters. The molecule has 4 nitrogen and oxygen atoms in total. The van der Waals surface area contributed by atoms with Gasteiger partial charge >= 0.3 is 0 Å². The van der Waals surface area contributed by atoms with Crippen LogP contribution in [0.2, 0.25) is 0 Å². The zero-order chi connectivity index (χ0) is 14.9. The third-order valence-corrected chi connectivity index (χ3v) is 4.17. The van der Waals surface area contributed by atoms with Crippen molar-refractivity contribution in [1.82, 2.24) is 15.2 Å². The van der Waals surface area contributed by atoms with Gasteiger partial charge in [0.2, 0.25) is 0 Å². The Balaban J connectivity index is 1.78. The summed E-state index contributed by atoms with van der Waals surface area (Å²) in [6.45, 7) is 7.28. The van der Waals surface area contributed by atoms with E-state index in [1.54, 1.807) is 0 Å². The summed E-state index contributed by atoms with van der Waals surface area (Å²) in [5, 5.41) is 3.70. The third-order valence-electron chi connectivity index (χ3n) is 4.17. The Labute approximate surface area is 128 Å². The molecule has 1 N–H and O–H groups in total. The van der Waals surface area contributed by atoms with E-state index in [9.17, 15) is 0 Å². The molecule has 21 heavy (non-hydrogen) atoms. The van der Waals surface area contributed by atoms with Gasteiger partial charge in [0, 0.05) is 50.0 Å². The number of ether oxygens (including phenoxy) is 1. The second-order valence-corrected chi connectivity index (χ2v) is 6.02. The molecule has 1 aliphatic heterocycles. The molecule has 1 aromatic rings.